The number of aliphatic carboxylic acids is 1. The molecule has 0 spiro atoms. The first-order valence-corrected chi connectivity index (χ1v) is 7.25. The third kappa shape index (κ3) is 4.31. The highest BCUT2D eigenvalue weighted by Gasteiger charge is 2.23. The van der Waals surface area contributed by atoms with Crippen LogP contribution < -0.4 is 10.1 Å². The SMILES string of the molecule is CC(NC(=O)c1cc(COc2ccccc2F)on1)C(C)C(=O)O. The van der Waals surface area contributed by atoms with Gasteiger partial charge in [-0.15, -0.1) is 0 Å². The zero-order valence-corrected chi connectivity index (χ0v) is 13.2. The Morgan fingerprint density at radius 3 is 2.75 bits per heavy atom. The number of carboxylic acid groups (broad SMARTS) is 1. The molecule has 0 bridgehead atoms. The van der Waals surface area contributed by atoms with Gasteiger partial charge in [-0.1, -0.05) is 17.3 Å². The van der Waals surface area contributed by atoms with E-state index in [4.69, 9.17) is 14.4 Å². The highest BCUT2D eigenvalue weighted by atomic mass is 19.1. The summed E-state index contributed by atoms with van der Waals surface area (Å²) in [7, 11) is 0. The van der Waals surface area contributed by atoms with E-state index in [0.29, 0.717) is 0 Å². The van der Waals surface area contributed by atoms with Gasteiger partial charge in [-0.05, 0) is 26.0 Å². The maximum absolute atomic E-state index is 13.4. The monoisotopic (exact) mass is 336 g/mol. The number of nitrogens with one attached hydrogen (secondary N) is 1. The van der Waals surface area contributed by atoms with Crippen LogP contribution in [-0.2, 0) is 11.4 Å². The van der Waals surface area contributed by atoms with E-state index >= 15 is 0 Å². The van der Waals surface area contributed by atoms with Crippen molar-refractivity contribution in [1.29, 1.82) is 0 Å². The van der Waals surface area contributed by atoms with E-state index in [1.807, 2.05) is 0 Å². The first-order chi connectivity index (χ1) is 11.4. The smallest absolute Gasteiger partial charge is 0.308 e. The van der Waals surface area contributed by atoms with Gasteiger partial charge in [0, 0.05) is 12.1 Å². The summed E-state index contributed by atoms with van der Waals surface area (Å²) in [6, 6.07) is 6.67. The van der Waals surface area contributed by atoms with Crippen LogP contribution in [0.15, 0.2) is 34.9 Å². The molecule has 7 nitrogen and oxygen atoms in total. The number of hydrogen-bond donors (Lipinski definition) is 2. The fourth-order valence-corrected chi connectivity index (χ4v) is 1.82. The fourth-order valence-electron chi connectivity index (χ4n) is 1.82. The predicted molar refractivity (Wildman–Crippen MR) is 81.0 cm³/mol. The van der Waals surface area contributed by atoms with Crippen molar-refractivity contribution in [2.45, 2.75) is 26.5 Å². The minimum absolute atomic E-state index is 0.00780. The Labute approximate surface area is 137 Å². The second-order valence-corrected chi connectivity index (χ2v) is 5.29. The molecule has 0 radical (unpaired) electrons. The average Bonchev–Trinajstić information content (AvgIpc) is 3.02. The van der Waals surface area contributed by atoms with Gasteiger partial charge in [0.1, 0.15) is 6.61 Å². The lowest BCUT2D eigenvalue weighted by Gasteiger charge is -2.16. The number of benzene rings is 1. The summed E-state index contributed by atoms with van der Waals surface area (Å²) in [5.74, 6) is -2.53. The maximum atomic E-state index is 13.4. The molecule has 128 valence electrons. The van der Waals surface area contributed by atoms with E-state index in [-0.39, 0.29) is 23.8 Å². The molecule has 2 aromatic rings. The summed E-state index contributed by atoms with van der Waals surface area (Å²) >= 11 is 0. The molecular formula is C16H17FN2O5. The minimum Gasteiger partial charge on any atom is -0.482 e. The average molecular weight is 336 g/mol. The molecule has 0 saturated heterocycles. The first kappa shape index (κ1) is 17.5. The Balaban J connectivity index is 1.94. The van der Waals surface area contributed by atoms with Crippen molar-refractivity contribution < 1.29 is 28.3 Å². The van der Waals surface area contributed by atoms with Gasteiger partial charge in [-0.25, -0.2) is 4.39 Å². The minimum atomic E-state index is -1.01. The number of carbonyl (C=O) groups excluding carboxylic acids is 1. The molecule has 24 heavy (non-hydrogen) atoms. The second-order valence-electron chi connectivity index (χ2n) is 5.29. The zero-order chi connectivity index (χ0) is 17.7. The molecule has 0 aliphatic carbocycles. The van der Waals surface area contributed by atoms with Crippen molar-refractivity contribution in [2.75, 3.05) is 0 Å². The molecule has 1 aromatic heterocycles. The molecular weight excluding hydrogens is 319 g/mol. The maximum Gasteiger partial charge on any atom is 0.308 e. The van der Waals surface area contributed by atoms with Gasteiger partial charge in [-0.2, -0.15) is 0 Å². The largest absolute Gasteiger partial charge is 0.482 e. The summed E-state index contributed by atoms with van der Waals surface area (Å²) < 4.78 is 23.6. The molecule has 8 heteroatoms. The van der Waals surface area contributed by atoms with Gasteiger partial charge < -0.3 is 19.7 Å². The van der Waals surface area contributed by atoms with Crippen molar-refractivity contribution in [2.24, 2.45) is 5.92 Å². The number of carboxylic acids is 1. The van der Waals surface area contributed by atoms with Gasteiger partial charge in [-0.3, -0.25) is 9.59 Å². The lowest BCUT2D eigenvalue weighted by molar-refractivity contribution is -0.141. The van der Waals surface area contributed by atoms with Crippen molar-refractivity contribution in [3.8, 4) is 5.75 Å². The Morgan fingerprint density at radius 1 is 1.38 bits per heavy atom. The van der Waals surface area contributed by atoms with Crippen LogP contribution in [0.3, 0.4) is 0 Å². The highest BCUT2D eigenvalue weighted by molar-refractivity contribution is 5.92. The lowest BCUT2D eigenvalue weighted by atomic mass is 10.0. The summed E-state index contributed by atoms with van der Waals surface area (Å²) in [6.45, 7) is 2.98. The molecule has 0 saturated carbocycles. The van der Waals surface area contributed by atoms with E-state index in [9.17, 15) is 14.0 Å². The quantitative estimate of drug-likeness (QED) is 0.804. The number of rotatable bonds is 7. The summed E-state index contributed by atoms with van der Waals surface area (Å²) in [4.78, 5) is 22.9. The van der Waals surface area contributed by atoms with Crippen LogP contribution in [0.4, 0.5) is 4.39 Å². The molecule has 2 rings (SSSR count). The summed E-state index contributed by atoms with van der Waals surface area (Å²) in [5, 5.41) is 15.0. The van der Waals surface area contributed by atoms with Crippen LogP contribution in [0.5, 0.6) is 5.75 Å². The Morgan fingerprint density at radius 2 is 2.08 bits per heavy atom. The standard InChI is InChI=1S/C16H17FN2O5/c1-9(16(21)22)10(2)18-15(20)13-7-11(24-19-13)8-23-14-6-4-3-5-12(14)17/h3-7,9-10H,8H2,1-2H3,(H,18,20)(H,21,22). The third-order valence-corrected chi connectivity index (χ3v) is 3.50. The number of para-hydroxylation sites is 1. The molecule has 0 aliphatic rings. The summed E-state index contributed by atoms with van der Waals surface area (Å²) in [6.07, 6.45) is 0. The van der Waals surface area contributed by atoms with Gasteiger partial charge in [0.25, 0.3) is 5.91 Å². The number of hydrogen-bond acceptors (Lipinski definition) is 5. The zero-order valence-electron chi connectivity index (χ0n) is 13.2. The number of aromatic nitrogens is 1. The molecule has 2 atom stereocenters. The van der Waals surface area contributed by atoms with Crippen molar-refractivity contribution in [1.82, 2.24) is 10.5 Å². The van der Waals surface area contributed by atoms with Gasteiger partial charge in [0.05, 0.1) is 5.92 Å². The summed E-state index contributed by atoms with van der Waals surface area (Å²) in [5.41, 5.74) is -0.00780. The molecule has 2 unspecified atom stereocenters. The Bertz CT molecular complexity index is 731. The number of nitrogens with zero attached hydrogens (tertiary/aromatic N) is 1. The molecule has 2 N–H and O–H groups in total. The van der Waals surface area contributed by atoms with Gasteiger partial charge in [0.2, 0.25) is 0 Å². The number of halogens is 1. The van der Waals surface area contributed by atoms with Gasteiger partial charge >= 0.3 is 5.97 Å². The number of carbonyl (C=O) groups is 2. The number of amides is 1. The van der Waals surface area contributed by atoms with E-state index in [1.54, 1.807) is 19.1 Å². The van der Waals surface area contributed by atoms with Crippen LogP contribution in [0.2, 0.25) is 0 Å². The fraction of sp³-hybridized carbons (Fsp3) is 0.312. The lowest BCUT2D eigenvalue weighted by Crippen LogP contribution is -2.40. The van der Waals surface area contributed by atoms with Crippen molar-refractivity contribution >= 4 is 11.9 Å². The van der Waals surface area contributed by atoms with Crippen LogP contribution in [0.25, 0.3) is 0 Å². The van der Waals surface area contributed by atoms with E-state index in [1.165, 1.54) is 25.1 Å². The van der Waals surface area contributed by atoms with Gasteiger partial charge in [0.15, 0.2) is 23.0 Å². The topological polar surface area (TPSA) is 102 Å². The Hall–Kier alpha value is -2.90. The Kier molecular flexibility index (Phi) is 5.51. The predicted octanol–water partition coefficient (Wildman–Crippen LogP) is 2.23. The third-order valence-electron chi connectivity index (χ3n) is 3.50. The number of ether oxygens (including phenoxy) is 1. The van der Waals surface area contributed by atoms with E-state index in [0.717, 1.165) is 0 Å². The normalized spacial score (nSPS) is 13.1. The van der Waals surface area contributed by atoms with Crippen LogP contribution in [-0.4, -0.2) is 28.2 Å². The van der Waals surface area contributed by atoms with Crippen LogP contribution in [0, 0.1) is 11.7 Å². The van der Waals surface area contributed by atoms with Crippen LogP contribution >= 0.6 is 0 Å². The molecule has 0 fully saturated rings. The van der Waals surface area contributed by atoms with Crippen molar-refractivity contribution in [3.05, 3.63) is 47.6 Å². The van der Waals surface area contributed by atoms with E-state index < -0.39 is 29.7 Å². The van der Waals surface area contributed by atoms with Crippen LogP contribution in [0.1, 0.15) is 30.1 Å². The molecule has 1 amide bonds. The van der Waals surface area contributed by atoms with E-state index in [2.05, 4.69) is 10.5 Å². The first-order valence-electron chi connectivity index (χ1n) is 7.25. The van der Waals surface area contributed by atoms with Crippen molar-refractivity contribution in [3.63, 3.8) is 0 Å². The molecule has 1 aromatic carbocycles. The molecule has 0 aliphatic heterocycles. The molecule has 1 heterocycles. The highest BCUT2D eigenvalue weighted by Crippen LogP contribution is 2.17. The second kappa shape index (κ2) is 7.58.